The highest BCUT2D eigenvalue weighted by Crippen LogP contribution is 2.69. The van der Waals surface area contributed by atoms with Gasteiger partial charge in [0.25, 0.3) is 0 Å². The molecule has 2 bridgehead atoms. The number of allylic oxidation sites excluding steroid dienone is 3. The Morgan fingerprint density at radius 2 is 1.65 bits per heavy atom. The molecule has 3 atom stereocenters. The van der Waals surface area contributed by atoms with Gasteiger partial charge in [0.1, 0.15) is 5.41 Å². The Kier molecular flexibility index (Phi) is 2.53. The zero-order chi connectivity index (χ0) is 17.6. The van der Waals surface area contributed by atoms with Gasteiger partial charge in [0.05, 0.1) is 0 Å². The molecule has 2 aromatic rings. The Morgan fingerprint density at radius 1 is 0.923 bits per heavy atom. The van der Waals surface area contributed by atoms with Crippen LogP contribution in [0.15, 0.2) is 78.4 Å². The lowest BCUT2D eigenvalue weighted by Gasteiger charge is -2.33. The topological polar surface area (TPSA) is 3.01 Å². The van der Waals surface area contributed by atoms with Crippen molar-refractivity contribution < 1.29 is 4.58 Å². The van der Waals surface area contributed by atoms with Gasteiger partial charge in [0.2, 0.25) is 5.69 Å². The highest BCUT2D eigenvalue weighted by atomic mass is 15.1. The van der Waals surface area contributed by atoms with E-state index in [0.717, 1.165) is 0 Å². The molecule has 0 saturated heterocycles. The van der Waals surface area contributed by atoms with E-state index in [1.807, 2.05) is 0 Å². The number of benzene rings is 2. The van der Waals surface area contributed by atoms with E-state index in [9.17, 15) is 0 Å². The molecule has 0 fully saturated rings. The summed E-state index contributed by atoms with van der Waals surface area (Å²) in [4.78, 5) is 0. The molecule has 2 unspecified atom stereocenters. The Balaban J connectivity index is 1.69. The summed E-state index contributed by atoms with van der Waals surface area (Å²) in [6.45, 7) is 4.79. The van der Waals surface area contributed by atoms with E-state index >= 15 is 0 Å². The number of para-hydroxylation sites is 1. The number of rotatable bonds is 1. The van der Waals surface area contributed by atoms with Gasteiger partial charge in [0, 0.05) is 42.9 Å². The van der Waals surface area contributed by atoms with Gasteiger partial charge in [-0.15, -0.1) is 0 Å². The second kappa shape index (κ2) is 4.46. The number of hydrogen-bond acceptors (Lipinski definition) is 0. The fourth-order valence-electron chi connectivity index (χ4n) is 6.47. The van der Waals surface area contributed by atoms with Crippen LogP contribution in [-0.2, 0) is 10.8 Å². The predicted octanol–water partition coefficient (Wildman–Crippen LogP) is 5.29. The third-order valence-corrected chi connectivity index (χ3v) is 7.45. The van der Waals surface area contributed by atoms with E-state index in [0.29, 0.717) is 5.92 Å². The highest BCUT2D eigenvalue weighted by Gasteiger charge is 2.72. The Labute approximate surface area is 155 Å². The first-order chi connectivity index (χ1) is 12.6. The zero-order valence-electron chi connectivity index (χ0n) is 15.4. The van der Waals surface area contributed by atoms with Crippen molar-refractivity contribution in [3.05, 3.63) is 89.5 Å². The van der Waals surface area contributed by atoms with Gasteiger partial charge in [-0.2, -0.15) is 4.58 Å². The van der Waals surface area contributed by atoms with Crippen LogP contribution < -0.4 is 0 Å². The summed E-state index contributed by atoms with van der Waals surface area (Å²) in [6.07, 6.45) is 12.6. The minimum Gasteiger partial charge on any atom is -0.193 e. The van der Waals surface area contributed by atoms with E-state index < -0.39 is 0 Å². The van der Waals surface area contributed by atoms with E-state index in [1.165, 1.54) is 18.5 Å². The molecule has 0 aromatic heterocycles. The summed E-state index contributed by atoms with van der Waals surface area (Å²) in [6, 6.07) is 20.1. The molecule has 2 aromatic carbocycles. The molecule has 26 heavy (non-hydrogen) atoms. The SMILES string of the molecule is CC1(C)C2=CC34CCC=CC3[C@]2(C=[N+]1c1ccccc1)c1ccccc14. The fourth-order valence-corrected chi connectivity index (χ4v) is 6.47. The lowest BCUT2D eigenvalue weighted by Crippen LogP contribution is -2.36. The van der Waals surface area contributed by atoms with Crippen LogP contribution in [0, 0.1) is 5.92 Å². The minimum atomic E-state index is -0.00688. The van der Waals surface area contributed by atoms with Crippen LogP contribution >= 0.6 is 0 Å². The first-order valence-electron chi connectivity index (χ1n) is 9.82. The molecule has 0 amide bonds. The average molecular weight is 338 g/mol. The van der Waals surface area contributed by atoms with Crippen LogP contribution in [0.25, 0.3) is 0 Å². The van der Waals surface area contributed by atoms with Gasteiger partial charge in [-0.3, -0.25) is 0 Å². The van der Waals surface area contributed by atoms with Crippen molar-refractivity contribution in [3.63, 3.8) is 0 Å². The lowest BCUT2D eigenvalue weighted by atomic mass is 9.67. The minimum absolute atomic E-state index is 0.00688. The van der Waals surface area contributed by atoms with Crippen LogP contribution in [0.1, 0.15) is 37.8 Å². The first kappa shape index (κ1) is 14.7. The summed E-state index contributed by atoms with van der Waals surface area (Å²) >= 11 is 0. The maximum Gasteiger partial charge on any atom is 0.205 e. The molecule has 1 spiro atoms. The summed E-state index contributed by atoms with van der Waals surface area (Å²) in [5.74, 6) is 0.532. The molecule has 3 aliphatic carbocycles. The molecule has 4 aliphatic rings. The molecular formula is C25H24N+. The van der Waals surface area contributed by atoms with E-state index in [-0.39, 0.29) is 16.4 Å². The van der Waals surface area contributed by atoms with Crippen molar-refractivity contribution in [2.24, 2.45) is 5.92 Å². The summed E-state index contributed by atoms with van der Waals surface area (Å²) in [5.41, 5.74) is 6.22. The Hall–Kier alpha value is -2.41. The molecule has 1 heterocycles. The normalized spacial score (nSPS) is 34.8. The van der Waals surface area contributed by atoms with Crippen molar-refractivity contribution >= 4 is 11.9 Å². The molecule has 128 valence electrons. The molecule has 0 N–H and O–H groups in total. The second-order valence-corrected chi connectivity index (χ2v) is 8.85. The van der Waals surface area contributed by atoms with Crippen LogP contribution in [0.3, 0.4) is 0 Å². The van der Waals surface area contributed by atoms with E-state index in [1.54, 1.807) is 16.7 Å². The smallest absolute Gasteiger partial charge is 0.193 e. The third kappa shape index (κ3) is 1.41. The number of fused-ring (bicyclic) bond motifs is 1. The third-order valence-electron chi connectivity index (χ3n) is 7.45. The molecule has 0 radical (unpaired) electrons. The van der Waals surface area contributed by atoms with Gasteiger partial charge >= 0.3 is 0 Å². The molecule has 0 saturated carbocycles. The Bertz CT molecular complexity index is 1020. The first-order valence-corrected chi connectivity index (χ1v) is 9.82. The summed E-state index contributed by atoms with van der Waals surface area (Å²) < 4.78 is 2.52. The van der Waals surface area contributed by atoms with E-state index in [4.69, 9.17) is 0 Å². The summed E-state index contributed by atoms with van der Waals surface area (Å²) in [7, 11) is 0. The number of hydrogen-bond donors (Lipinski definition) is 0. The summed E-state index contributed by atoms with van der Waals surface area (Å²) in [5, 5.41) is 0. The molecule has 1 nitrogen and oxygen atoms in total. The highest BCUT2D eigenvalue weighted by molar-refractivity contribution is 5.88. The zero-order valence-corrected chi connectivity index (χ0v) is 15.4. The van der Waals surface area contributed by atoms with Gasteiger partial charge in [-0.05, 0) is 24.0 Å². The number of nitrogens with zero attached hydrogens (tertiary/aromatic N) is 1. The van der Waals surface area contributed by atoms with Crippen LogP contribution in [0.5, 0.6) is 0 Å². The van der Waals surface area contributed by atoms with E-state index in [2.05, 4.69) is 97.5 Å². The molecule has 1 heteroatoms. The van der Waals surface area contributed by atoms with Crippen molar-refractivity contribution in [2.75, 3.05) is 0 Å². The molecule has 1 aliphatic heterocycles. The van der Waals surface area contributed by atoms with Crippen LogP contribution in [0.2, 0.25) is 0 Å². The standard InChI is InChI=1S/C25H24N/c1-23(2)22-16-24-15-9-8-14-21(24)25(22,20-13-7-6-12-19(20)24)17-26(23)18-10-4-3-5-11-18/h3-8,10-14,16-17,21H,9,15H2,1-2H3/q+1/t21?,24?,25-/m0/s1. The quantitative estimate of drug-likeness (QED) is 0.491. The molecular weight excluding hydrogens is 314 g/mol. The second-order valence-electron chi connectivity index (χ2n) is 8.85. The monoisotopic (exact) mass is 338 g/mol. The fraction of sp³-hybridized carbons (Fsp3) is 0.320. The van der Waals surface area contributed by atoms with Gasteiger partial charge < -0.3 is 0 Å². The average Bonchev–Trinajstić information content (AvgIpc) is 3.21. The van der Waals surface area contributed by atoms with Crippen molar-refractivity contribution in [2.45, 2.75) is 43.1 Å². The van der Waals surface area contributed by atoms with Gasteiger partial charge in [0.15, 0.2) is 11.8 Å². The lowest BCUT2D eigenvalue weighted by molar-refractivity contribution is -0.501. The van der Waals surface area contributed by atoms with Crippen molar-refractivity contribution in [3.8, 4) is 0 Å². The Morgan fingerprint density at radius 3 is 2.46 bits per heavy atom. The maximum atomic E-state index is 2.67. The van der Waals surface area contributed by atoms with Gasteiger partial charge in [-0.1, -0.05) is 60.7 Å². The largest absolute Gasteiger partial charge is 0.205 e. The molecule has 6 rings (SSSR count). The van der Waals surface area contributed by atoms with Gasteiger partial charge in [-0.25, -0.2) is 0 Å². The van der Waals surface area contributed by atoms with Crippen molar-refractivity contribution in [1.82, 2.24) is 0 Å². The maximum absolute atomic E-state index is 2.67. The van der Waals surface area contributed by atoms with Crippen molar-refractivity contribution in [1.29, 1.82) is 0 Å². The van der Waals surface area contributed by atoms with Crippen LogP contribution in [-0.4, -0.2) is 16.3 Å². The van der Waals surface area contributed by atoms with Crippen LogP contribution in [0.4, 0.5) is 5.69 Å². The predicted molar refractivity (Wildman–Crippen MR) is 106 cm³/mol.